The fourth-order valence-corrected chi connectivity index (χ4v) is 7.10. The van der Waals surface area contributed by atoms with E-state index in [2.05, 4.69) is 87.0 Å². The number of ether oxygens (including phenoxy) is 1. The highest BCUT2D eigenvalue weighted by Crippen LogP contribution is 2.34. The summed E-state index contributed by atoms with van der Waals surface area (Å²) in [6, 6.07) is 20.4. The lowest BCUT2D eigenvalue weighted by atomic mass is 9.98. The topological polar surface area (TPSA) is 128 Å². The van der Waals surface area contributed by atoms with Gasteiger partial charge in [-0.15, -0.1) is 0 Å². The van der Waals surface area contributed by atoms with Gasteiger partial charge in [0.05, 0.1) is 35.2 Å². The van der Waals surface area contributed by atoms with Crippen LogP contribution in [-0.2, 0) is 9.53 Å². The molecule has 0 aliphatic carbocycles. The van der Waals surface area contributed by atoms with Gasteiger partial charge in [0.15, 0.2) is 6.04 Å². The Bertz CT molecular complexity index is 2290. The molecule has 3 atom stereocenters. The van der Waals surface area contributed by atoms with Gasteiger partial charge in [0.1, 0.15) is 17.7 Å². The molecule has 0 radical (unpaired) electrons. The Hall–Kier alpha value is -5.40. The molecular formula is C38H37N7O3. The highest BCUT2D eigenvalue weighted by atomic mass is 16.5. The van der Waals surface area contributed by atoms with Crippen LogP contribution in [0.25, 0.3) is 54.7 Å². The molecule has 10 heteroatoms. The third kappa shape index (κ3) is 5.20. The maximum Gasteiger partial charge on any atom is 0.407 e. The second kappa shape index (κ2) is 12.0. The summed E-state index contributed by atoms with van der Waals surface area (Å²) in [5.41, 5.74) is 6.03. The summed E-state index contributed by atoms with van der Waals surface area (Å²) >= 11 is 0. The van der Waals surface area contributed by atoms with E-state index in [-0.39, 0.29) is 11.8 Å². The van der Waals surface area contributed by atoms with Crippen LogP contribution in [0, 0.1) is 17.8 Å². The first-order valence-corrected chi connectivity index (χ1v) is 16.6. The lowest BCUT2D eigenvalue weighted by molar-refractivity contribution is -0.136. The fraction of sp³-hybridized carbons (Fsp3) is 0.316. The van der Waals surface area contributed by atoms with E-state index in [1.165, 1.54) is 13.5 Å². The maximum atomic E-state index is 13.7. The van der Waals surface area contributed by atoms with Crippen molar-refractivity contribution in [3.63, 3.8) is 0 Å². The van der Waals surface area contributed by atoms with Gasteiger partial charge in [0.2, 0.25) is 5.91 Å². The number of H-pyrrole nitrogens is 2. The van der Waals surface area contributed by atoms with Gasteiger partial charge in [0.25, 0.3) is 0 Å². The van der Waals surface area contributed by atoms with Crippen LogP contribution < -0.4 is 10.6 Å². The van der Waals surface area contributed by atoms with Crippen molar-refractivity contribution in [2.24, 2.45) is 5.92 Å². The molecule has 6 aromatic rings. The Kier molecular flexibility index (Phi) is 7.49. The van der Waals surface area contributed by atoms with Gasteiger partial charge in [-0.2, -0.15) is 0 Å². The van der Waals surface area contributed by atoms with Gasteiger partial charge in [-0.05, 0) is 71.5 Å². The number of rotatable bonds is 6. The summed E-state index contributed by atoms with van der Waals surface area (Å²) in [5.74, 6) is 7.65. The third-order valence-corrected chi connectivity index (χ3v) is 9.66. The first-order valence-electron chi connectivity index (χ1n) is 16.6. The molecule has 0 spiro atoms. The number of hydrogen-bond acceptors (Lipinski definition) is 6. The number of aromatic amines is 2. The second-order valence-electron chi connectivity index (χ2n) is 13.1. The second-order valence-corrected chi connectivity index (χ2v) is 13.1. The van der Waals surface area contributed by atoms with Crippen molar-refractivity contribution in [2.75, 3.05) is 20.2 Å². The molecule has 4 heterocycles. The van der Waals surface area contributed by atoms with Crippen LogP contribution in [0.5, 0.6) is 0 Å². The molecule has 0 bridgehead atoms. The van der Waals surface area contributed by atoms with Gasteiger partial charge >= 0.3 is 6.09 Å². The number of amides is 2. The van der Waals surface area contributed by atoms with Crippen molar-refractivity contribution in [3.05, 3.63) is 72.3 Å². The fourth-order valence-electron chi connectivity index (χ4n) is 7.10. The van der Waals surface area contributed by atoms with E-state index >= 15 is 0 Å². The highest BCUT2D eigenvalue weighted by molar-refractivity contribution is 6.07. The molecular weight excluding hydrogens is 602 g/mol. The summed E-state index contributed by atoms with van der Waals surface area (Å²) in [7, 11) is 1.29. The molecule has 1 saturated heterocycles. The minimum Gasteiger partial charge on any atom is -0.453 e. The first kappa shape index (κ1) is 30.0. The van der Waals surface area contributed by atoms with Crippen LogP contribution >= 0.6 is 0 Å². The van der Waals surface area contributed by atoms with Crippen molar-refractivity contribution >= 4 is 55.6 Å². The monoisotopic (exact) mass is 639 g/mol. The Morgan fingerprint density at radius 3 is 2.17 bits per heavy atom. The van der Waals surface area contributed by atoms with E-state index in [0.29, 0.717) is 24.8 Å². The number of carbonyl (C=O) groups excluding carboxylic acids is 2. The SMILES string of the molecule is COC(=O)N[C@H](C(=O)N1CCC#C[C@H]1c1nc2c(ccc3cc(-c4ccc5c(ccc6[nH]c([C@@H]7CCCN7)nc65)c4)ccc32)[nH]1)C(C)C. The van der Waals surface area contributed by atoms with Crippen molar-refractivity contribution < 1.29 is 14.3 Å². The lowest BCUT2D eigenvalue weighted by Gasteiger charge is -2.33. The number of alkyl carbamates (subject to hydrolysis) is 1. The number of carbonyl (C=O) groups is 2. The molecule has 0 saturated carbocycles. The molecule has 2 aliphatic heterocycles. The number of benzene rings is 4. The number of imidazole rings is 2. The van der Waals surface area contributed by atoms with E-state index in [9.17, 15) is 9.59 Å². The van der Waals surface area contributed by atoms with E-state index in [0.717, 1.165) is 73.5 Å². The van der Waals surface area contributed by atoms with Gasteiger partial charge in [0, 0.05) is 23.7 Å². The van der Waals surface area contributed by atoms with Gasteiger partial charge in [-0.1, -0.05) is 62.1 Å². The minimum atomic E-state index is -0.740. The average molecular weight is 640 g/mol. The van der Waals surface area contributed by atoms with Gasteiger partial charge in [-0.3, -0.25) is 4.79 Å². The standard InChI is InChI=1S/C38H37N7O3/c1-21(2)32(44-38(47)48-3)37(46)45-18-5-4-8-31(45)36-41-29-16-12-25-20-23(10-14-27(25)34(29)43-36)22-9-13-26-24(19-22)11-15-28-33(26)42-35(40-28)30-7-6-17-39-30/h9-16,19-21,30-32,39H,5-7,17-18H2,1-3H3,(H,40,42)(H,41,43)(H,44,47)/t30-,31-,32-/m0/s1. The molecule has 4 N–H and O–H groups in total. The Morgan fingerprint density at radius 2 is 1.56 bits per heavy atom. The summed E-state index contributed by atoms with van der Waals surface area (Å²) in [6.07, 6.45) is 2.20. The first-order chi connectivity index (χ1) is 23.4. The van der Waals surface area contributed by atoms with Crippen molar-refractivity contribution in [1.82, 2.24) is 35.5 Å². The van der Waals surface area contributed by atoms with Crippen molar-refractivity contribution in [2.45, 2.75) is 51.2 Å². The minimum absolute atomic E-state index is 0.137. The van der Waals surface area contributed by atoms with Crippen molar-refractivity contribution in [1.29, 1.82) is 0 Å². The molecule has 4 aromatic carbocycles. The quantitative estimate of drug-likeness (QED) is 0.154. The van der Waals surface area contributed by atoms with Crippen LogP contribution in [0.1, 0.15) is 56.8 Å². The van der Waals surface area contributed by atoms with Crippen LogP contribution in [-0.4, -0.2) is 63.1 Å². The number of fused-ring (bicyclic) bond motifs is 6. The van der Waals surface area contributed by atoms with Crippen LogP contribution in [0.3, 0.4) is 0 Å². The largest absolute Gasteiger partial charge is 0.453 e. The number of nitrogens with zero attached hydrogens (tertiary/aromatic N) is 3. The predicted molar refractivity (Wildman–Crippen MR) is 187 cm³/mol. The summed E-state index contributed by atoms with van der Waals surface area (Å²) in [4.78, 5) is 44.4. The molecule has 48 heavy (non-hydrogen) atoms. The average Bonchev–Trinajstić information content (AvgIpc) is 3.89. The molecule has 0 unspecified atom stereocenters. The maximum absolute atomic E-state index is 13.7. The third-order valence-electron chi connectivity index (χ3n) is 9.66. The number of hydrogen-bond donors (Lipinski definition) is 4. The summed E-state index contributed by atoms with van der Waals surface area (Å²) in [6.45, 7) is 5.27. The zero-order valence-corrected chi connectivity index (χ0v) is 27.2. The zero-order chi connectivity index (χ0) is 32.9. The number of methoxy groups -OCH3 is 1. The Morgan fingerprint density at radius 1 is 0.917 bits per heavy atom. The number of aromatic nitrogens is 4. The molecule has 10 nitrogen and oxygen atoms in total. The van der Waals surface area contributed by atoms with E-state index in [4.69, 9.17) is 14.7 Å². The Balaban J connectivity index is 1.11. The van der Waals surface area contributed by atoms with E-state index < -0.39 is 18.2 Å². The highest BCUT2D eigenvalue weighted by Gasteiger charge is 2.35. The molecule has 2 aliphatic rings. The predicted octanol–water partition coefficient (Wildman–Crippen LogP) is 6.49. The summed E-state index contributed by atoms with van der Waals surface area (Å²) in [5, 5.41) is 10.6. The molecule has 242 valence electrons. The van der Waals surface area contributed by atoms with Gasteiger partial charge in [-0.25, -0.2) is 14.8 Å². The lowest BCUT2D eigenvalue weighted by Crippen LogP contribution is -2.52. The van der Waals surface area contributed by atoms with Gasteiger partial charge < -0.3 is 30.2 Å². The van der Waals surface area contributed by atoms with E-state index in [1.54, 1.807) is 4.90 Å². The molecule has 8 rings (SSSR count). The van der Waals surface area contributed by atoms with E-state index in [1.807, 2.05) is 19.9 Å². The summed E-state index contributed by atoms with van der Waals surface area (Å²) < 4.78 is 4.78. The molecule has 2 amide bonds. The Labute approximate surface area is 277 Å². The van der Waals surface area contributed by atoms with Crippen LogP contribution in [0.15, 0.2) is 60.7 Å². The van der Waals surface area contributed by atoms with Crippen LogP contribution in [0.2, 0.25) is 0 Å². The smallest absolute Gasteiger partial charge is 0.407 e. The number of nitrogens with one attached hydrogen (secondary N) is 4. The molecule has 2 aromatic heterocycles. The zero-order valence-electron chi connectivity index (χ0n) is 27.2. The molecule has 1 fully saturated rings. The van der Waals surface area contributed by atoms with Crippen LogP contribution in [0.4, 0.5) is 4.79 Å². The van der Waals surface area contributed by atoms with Crippen molar-refractivity contribution in [3.8, 4) is 23.0 Å². The normalized spacial score (nSPS) is 18.5.